The molecule has 0 aliphatic rings. The summed E-state index contributed by atoms with van der Waals surface area (Å²) in [6.07, 6.45) is 0. The first-order chi connectivity index (χ1) is 27.8. The smallest absolute Gasteiger partial charge is 0.143 e. The largest absolute Gasteiger partial charge is 0.455 e. The van der Waals surface area contributed by atoms with E-state index in [2.05, 4.69) is 223 Å². The van der Waals surface area contributed by atoms with E-state index in [0.29, 0.717) is 0 Å². The zero-order valence-electron chi connectivity index (χ0n) is 30.7. The number of nitrogens with zero attached hydrogens (tertiary/aromatic N) is 1. The van der Waals surface area contributed by atoms with E-state index in [9.17, 15) is 0 Å². The quantitative estimate of drug-likeness (QED) is 0.156. The third-order valence-electron chi connectivity index (χ3n) is 10.7. The van der Waals surface area contributed by atoms with Crippen LogP contribution < -0.4 is 4.90 Å². The van der Waals surface area contributed by atoms with Crippen LogP contribution in [-0.4, -0.2) is 0 Å². The van der Waals surface area contributed by atoms with Crippen LogP contribution >= 0.6 is 0 Å². The van der Waals surface area contributed by atoms with Crippen LogP contribution in [0.3, 0.4) is 0 Å². The normalized spacial score (nSPS) is 11.2. The highest BCUT2D eigenvalue weighted by Crippen LogP contribution is 2.43. The second-order valence-electron chi connectivity index (χ2n) is 14.1. The molecule has 10 rings (SSSR count). The first-order valence-corrected chi connectivity index (χ1v) is 19.1. The van der Waals surface area contributed by atoms with Crippen molar-refractivity contribution in [1.82, 2.24) is 0 Å². The highest BCUT2D eigenvalue weighted by molar-refractivity contribution is 6.10. The number of fused-ring (bicyclic) bond motifs is 3. The van der Waals surface area contributed by atoms with E-state index in [1.165, 1.54) is 38.9 Å². The average molecular weight is 716 g/mol. The number of hydrogen-bond acceptors (Lipinski definition) is 2. The lowest BCUT2D eigenvalue weighted by atomic mass is 9.89. The summed E-state index contributed by atoms with van der Waals surface area (Å²) in [5.74, 6) is 0. The Morgan fingerprint density at radius 1 is 0.268 bits per heavy atom. The molecule has 264 valence electrons. The maximum atomic E-state index is 6.72. The molecule has 2 nitrogen and oxygen atoms in total. The van der Waals surface area contributed by atoms with Gasteiger partial charge < -0.3 is 9.32 Å². The molecule has 1 aromatic heterocycles. The number of benzene rings is 9. The molecular formula is C54H37NO. The van der Waals surface area contributed by atoms with Gasteiger partial charge in [0.25, 0.3) is 0 Å². The monoisotopic (exact) mass is 715 g/mol. The van der Waals surface area contributed by atoms with Gasteiger partial charge in [-0.15, -0.1) is 0 Å². The van der Waals surface area contributed by atoms with E-state index in [4.69, 9.17) is 4.42 Å². The Bertz CT molecular complexity index is 2930. The number of anilines is 3. The minimum absolute atomic E-state index is 0.856. The van der Waals surface area contributed by atoms with E-state index in [1.807, 2.05) is 6.07 Å². The van der Waals surface area contributed by atoms with E-state index in [0.717, 1.165) is 55.7 Å². The van der Waals surface area contributed by atoms with Crippen molar-refractivity contribution in [2.24, 2.45) is 0 Å². The molecule has 9 aromatic carbocycles. The van der Waals surface area contributed by atoms with Gasteiger partial charge in [-0.25, -0.2) is 0 Å². The van der Waals surface area contributed by atoms with Gasteiger partial charge in [0.1, 0.15) is 11.2 Å². The van der Waals surface area contributed by atoms with Crippen LogP contribution in [0.15, 0.2) is 229 Å². The van der Waals surface area contributed by atoms with Crippen molar-refractivity contribution in [2.75, 3.05) is 4.90 Å². The Labute approximate surface area is 327 Å². The topological polar surface area (TPSA) is 16.4 Å². The van der Waals surface area contributed by atoms with Crippen molar-refractivity contribution in [3.05, 3.63) is 224 Å². The minimum atomic E-state index is 0.856. The summed E-state index contributed by atoms with van der Waals surface area (Å²) in [5.41, 5.74) is 16.7. The number of rotatable bonds is 8. The summed E-state index contributed by atoms with van der Waals surface area (Å²) in [7, 11) is 0. The van der Waals surface area contributed by atoms with Crippen LogP contribution in [0.2, 0.25) is 0 Å². The number of para-hydroxylation sites is 1. The molecule has 0 saturated heterocycles. The fourth-order valence-electron chi connectivity index (χ4n) is 8.00. The molecule has 0 radical (unpaired) electrons. The Balaban J connectivity index is 1.08. The summed E-state index contributed by atoms with van der Waals surface area (Å²) in [6, 6.07) is 79.9. The van der Waals surface area contributed by atoms with Crippen molar-refractivity contribution < 1.29 is 4.42 Å². The molecule has 0 spiro atoms. The molecule has 0 saturated carbocycles. The summed E-state index contributed by atoms with van der Waals surface area (Å²) < 4.78 is 6.72. The van der Waals surface area contributed by atoms with E-state index >= 15 is 0 Å². The highest BCUT2D eigenvalue weighted by Gasteiger charge is 2.18. The van der Waals surface area contributed by atoms with E-state index < -0.39 is 0 Å². The molecule has 0 aliphatic heterocycles. The number of furan rings is 1. The third kappa shape index (κ3) is 6.14. The van der Waals surface area contributed by atoms with Crippen LogP contribution in [0.25, 0.3) is 77.6 Å². The van der Waals surface area contributed by atoms with Gasteiger partial charge >= 0.3 is 0 Å². The summed E-state index contributed by atoms with van der Waals surface area (Å²) in [6.45, 7) is 0. The van der Waals surface area contributed by atoms with Crippen molar-refractivity contribution >= 4 is 39.0 Å². The maximum Gasteiger partial charge on any atom is 0.143 e. The molecule has 0 aliphatic carbocycles. The molecule has 2 heteroatoms. The van der Waals surface area contributed by atoms with E-state index in [-0.39, 0.29) is 0 Å². The van der Waals surface area contributed by atoms with Gasteiger partial charge in [0.2, 0.25) is 0 Å². The standard InChI is InChI=1S/C54H37NO/c1-4-15-38(16-5-1)39-27-31-43(32-28-39)55(45-35-36-51-52-26-14-25-48(41-19-8-3-9-20-41)54(52)56-53(51)37-45)44-33-29-42(30-34-44)47-22-11-13-24-50(47)49-23-12-10-21-46(49)40-17-6-2-7-18-40/h1-37H. The zero-order valence-corrected chi connectivity index (χ0v) is 30.7. The Kier molecular flexibility index (Phi) is 8.55. The van der Waals surface area contributed by atoms with Crippen molar-refractivity contribution in [1.29, 1.82) is 0 Å². The first kappa shape index (κ1) is 33.2. The third-order valence-corrected chi connectivity index (χ3v) is 10.7. The zero-order chi connectivity index (χ0) is 37.3. The molecule has 0 fully saturated rings. The predicted molar refractivity (Wildman–Crippen MR) is 236 cm³/mol. The molecule has 0 bridgehead atoms. The molecule has 1 heterocycles. The van der Waals surface area contributed by atoms with Gasteiger partial charge in [0.15, 0.2) is 0 Å². The molecule has 0 N–H and O–H groups in total. The Morgan fingerprint density at radius 2 is 0.679 bits per heavy atom. The summed E-state index contributed by atoms with van der Waals surface area (Å²) in [4.78, 5) is 2.32. The van der Waals surface area contributed by atoms with Gasteiger partial charge in [0, 0.05) is 39.5 Å². The maximum absolute atomic E-state index is 6.72. The van der Waals surface area contributed by atoms with Gasteiger partial charge in [-0.2, -0.15) is 0 Å². The Morgan fingerprint density at radius 3 is 1.25 bits per heavy atom. The average Bonchev–Trinajstić information content (AvgIpc) is 3.66. The van der Waals surface area contributed by atoms with Crippen molar-refractivity contribution in [2.45, 2.75) is 0 Å². The van der Waals surface area contributed by atoms with Gasteiger partial charge in [-0.3, -0.25) is 0 Å². The van der Waals surface area contributed by atoms with Gasteiger partial charge in [0.05, 0.1) is 0 Å². The van der Waals surface area contributed by atoms with Crippen LogP contribution in [-0.2, 0) is 0 Å². The minimum Gasteiger partial charge on any atom is -0.455 e. The number of hydrogen-bond donors (Lipinski definition) is 0. The highest BCUT2D eigenvalue weighted by atomic mass is 16.3. The van der Waals surface area contributed by atoms with Crippen molar-refractivity contribution in [3.63, 3.8) is 0 Å². The SMILES string of the molecule is c1ccc(-c2ccc(N(c3ccc(-c4ccccc4-c4ccccc4-c4ccccc4)cc3)c3ccc4c(c3)oc3c(-c5ccccc5)cccc34)cc2)cc1. The molecule has 0 atom stereocenters. The second-order valence-corrected chi connectivity index (χ2v) is 14.1. The molecular weight excluding hydrogens is 679 g/mol. The lowest BCUT2D eigenvalue weighted by molar-refractivity contribution is 0.670. The van der Waals surface area contributed by atoms with Gasteiger partial charge in [-0.05, 0) is 86.5 Å². The Hall–Kier alpha value is -7.42. The fourth-order valence-corrected chi connectivity index (χ4v) is 8.00. The molecule has 0 unspecified atom stereocenters. The second kappa shape index (κ2) is 14.4. The van der Waals surface area contributed by atoms with Crippen molar-refractivity contribution in [3.8, 4) is 55.6 Å². The summed E-state index contributed by atoms with van der Waals surface area (Å²) in [5, 5.41) is 2.21. The molecule has 10 aromatic rings. The lowest BCUT2D eigenvalue weighted by Crippen LogP contribution is -2.09. The van der Waals surface area contributed by atoms with Crippen LogP contribution in [0.4, 0.5) is 17.1 Å². The van der Waals surface area contributed by atoms with Crippen LogP contribution in [0, 0.1) is 0 Å². The molecule has 56 heavy (non-hydrogen) atoms. The fraction of sp³-hybridized carbons (Fsp3) is 0. The lowest BCUT2D eigenvalue weighted by Gasteiger charge is -2.26. The van der Waals surface area contributed by atoms with E-state index in [1.54, 1.807) is 0 Å². The van der Waals surface area contributed by atoms with Crippen LogP contribution in [0.1, 0.15) is 0 Å². The first-order valence-electron chi connectivity index (χ1n) is 19.1. The summed E-state index contributed by atoms with van der Waals surface area (Å²) >= 11 is 0. The van der Waals surface area contributed by atoms with Gasteiger partial charge in [-0.1, -0.05) is 182 Å². The predicted octanol–water partition coefficient (Wildman–Crippen LogP) is 15.4. The molecule has 0 amide bonds. The van der Waals surface area contributed by atoms with Crippen LogP contribution in [0.5, 0.6) is 0 Å².